The fourth-order valence-electron chi connectivity index (χ4n) is 5.10. The third-order valence-corrected chi connectivity index (χ3v) is 7.44. The summed E-state index contributed by atoms with van der Waals surface area (Å²) in [6.07, 6.45) is -0.315. The van der Waals surface area contributed by atoms with Crippen LogP contribution in [0.25, 0.3) is 0 Å². The lowest BCUT2D eigenvalue weighted by Crippen LogP contribution is -2.63. The van der Waals surface area contributed by atoms with Crippen molar-refractivity contribution in [3.05, 3.63) is 88.7 Å². The number of hydrogen-bond donors (Lipinski definition) is 1. The maximum absolute atomic E-state index is 14.6. The molecule has 4 rings (SSSR count). The summed E-state index contributed by atoms with van der Waals surface area (Å²) in [5, 5.41) is 15.3. The highest BCUT2D eigenvalue weighted by atomic mass is 19.1. The zero-order valence-corrected chi connectivity index (χ0v) is 26.1. The van der Waals surface area contributed by atoms with Gasteiger partial charge in [0.1, 0.15) is 30.2 Å². The Labute approximate surface area is 270 Å². The number of hydroxylamine groups is 3. The summed E-state index contributed by atoms with van der Waals surface area (Å²) in [6.45, 7) is -0.606. The van der Waals surface area contributed by atoms with E-state index in [-0.39, 0.29) is 54.7 Å². The molecule has 1 aliphatic heterocycles. The Morgan fingerprint density at radius 3 is 2.17 bits per heavy atom. The van der Waals surface area contributed by atoms with E-state index >= 15 is 0 Å². The largest absolute Gasteiger partial charge is 0.495 e. The minimum absolute atomic E-state index is 0.0178. The molecule has 0 radical (unpaired) electrons. The fraction of sp³-hybridized carbons (Fsp3) is 0.333. The standard InChI is InChI=1S/C33H35FN2O11/c1-42-19-45-26-15-14-23(17-28(26)44-3)31(38)35-24-7-4-5-16-36(18-24,33(40)41)47-32(39)22-12-10-21(11-13-22)30(37)29-25(34)8-6-9-27(29)46-20-43-2/h6,8-15,17,24H,4-5,7,16,18-20H2,1-3H3,(H-,35,38,40,41). The number of carbonyl (C=O) groups excluding carboxylic acids is 4. The smallest absolute Gasteiger partial charge is 0.398 e. The molecule has 0 spiro atoms. The van der Waals surface area contributed by atoms with Crippen LogP contribution in [0.2, 0.25) is 0 Å². The quantitative estimate of drug-likeness (QED) is 0.174. The molecule has 47 heavy (non-hydrogen) atoms. The summed E-state index contributed by atoms with van der Waals surface area (Å²) in [4.78, 5) is 57.5. The number of ketones is 1. The van der Waals surface area contributed by atoms with Gasteiger partial charge >= 0.3 is 12.1 Å². The number of nitrogens with zero attached hydrogens (tertiary/aromatic N) is 1. The molecule has 1 aliphatic rings. The van der Waals surface area contributed by atoms with Crippen molar-refractivity contribution in [2.24, 2.45) is 0 Å². The lowest BCUT2D eigenvalue weighted by molar-refractivity contribution is -1.04. The Hall–Kier alpha value is -5.05. The molecule has 2 unspecified atom stereocenters. The second-order valence-corrected chi connectivity index (χ2v) is 10.6. The van der Waals surface area contributed by atoms with Crippen molar-refractivity contribution < 1.29 is 61.8 Å². The van der Waals surface area contributed by atoms with Gasteiger partial charge in [0.2, 0.25) is 0 Å². The molecule has 0 saturated carbocycles. The topological polar surface area (TPSA) is 159 Å². The van der Waals surface area contributed by atoms with E-state index in [1.165, 1.54) is 69.9 Å². The first-order chi connectivity index (χ1) is 22.6. The third-order valence-electron chi connectivity index (χ3n) is 7.44. The number of likely N-dealkylation sites (tertiary alicyclic amines) is 1. The third kappa shape index (κ3) is 8.41. The van der Waals surface area contributed by atoms with Gasteiger partial charge in [0.15, 0.2) is 30.9 Å². The van der Waals surface area contributed by atoms with Gasteiger partial charge in [-0.1, -0.05) is 22.8 Å². The molecule has 1 fully saturated rings. The van der Waals surface area contributed by atoms with E-state index in [9.17, 15) is 28.7 Å². The first kappa shape index (κ1) is 34.8. The molecule has 0 bridgehead atoms. The van der Waals surface area contributed by atoms with Gasteiger partial charge in [-0.05, 0) is 55.3 Å². The summed E-state index contributed by atoms with van der Waals surface area (Å²) >= 11 is 0. The maximum Gasteiger partial charge on any atom is 0.398 e. The van der Waals surface area contributed by atoms with Gasteiger partial charge in [-0.3, -0.25) is 14.4 Å². The lowest BCUT2D eigenvalue weighted by Gasteiger charge is -2.34. The molecular weight excluding hydrogens is 619 g/mol. The van der Waals surface area contributed by atoms with Gasteiger partial charge in [-0.2, -0.15) is 0 Å². The van der Waals surface area contributed by atoms with Gasteiger partial charge in [-0.25, -0.2) is 9.18 Å². The minimum atomic E-state index is -1.66. The molecule has 13 nitrogen and oxygen atoms in total. The molecule has 1 heterocycles. The van der Waals surface area contributed by atoms with Crippen LogP contribution in [-0.4, -0.2) is 82.4 Å². The molecule has 0 aliphatic carbocycles. The molecule has 14 heteroatoms. The zero-order valence-electron chi connectivity index (χ0n) is 26.1. The normalized spacial score (nSPS) is 17.6. The summed E-state index contributed by atoms with van der Waals surface area (Å²) in [6, 6.07) is 12.9. The van der Waals surface area contributed by atoms with E-state index in [4.69, 9.17) is 28.5 Å². The Kier molecular flexibility index (Phi) is 11.8. The van der Waals surface area contributed by atoms with Crippen LogP contribution >= 0.6 is 0 Å². The summed E-state index contributed by atoms with van der Waals surface area (Å²) in [5.41, 5.74) is -0.0859. The number of benzene rings is 3. The SMILES string of the molecule is COCOc1ccc(C(=O)NC2CCCC[N+](OC(=O)c3ccc(C(=O)c4c(F)cccc4OCOC)cc3)(C(=O)[O-])C2)cc1OC. The molecule has 2 atom stereocenters. The Balaban J connectivity index is 1.48. The number of nitrogens with one attached hydrogen (secondary N) is 1. The van der Waals surface area contributed by atoms with Crippen molar-refractivity contribution in [2.75, 3.05) is 48.0 Å². The number of hydrogen-bond acceptors (Lipinski definition) is 11. The van der Waals surface area contributed by atoms with Crippen LogP contribution in [-0.2, 0) is 14.3 Å². The van der Waals surface area contributed by atoms with Crippen molar-refractivity contribution in [1.82, 2.24) is 5.32 Å². The van der Waals surface area contributed by atoms with E-state index in [0.29, 0.717) is 30.8 Å². The van der Waals surface area contributed by atoms with Crippen LogP contribution in [0.3, 0.4) is 0 Å². The average molecular weight is 655 g/mol. The van der Waals surface area contributed by atoms with Crippen LogP contribution in [0.4, 0.5) is 9.18 Å². The predicted molar refractivity (Wildman–Crippen MR) is 160 cm³/mol. The van der Waals surface area contributed by atoms with Gasteiger partial charge in [0, 0.05) is 31.8 Å². The fourth-order valence-corrected chi connectivity index (χ4v) is 5.10. The number of rotatable bonds is 12. The van der Waals surface area contributed by atoms with Crippen LogP contribution < -0.4 is 24.6 Å². The Morgan fingerprint density at radius 1 is 0.851 bits per heavy atom. The first-order valence-corrected chi connectivity index (χ1v) is 14.6. The number of carbonyl (C=O) groups is 4. The van der Waals surface area contributed by atoms with Crippen LogP contribution in [0.5, 0.6) is 17.2 Å². The first-order valence-electron chi connectivity index (χ1n) is 14.6. The van der Waals surface area contributed by atoms with Gasteiger partial charge in [-0.15, -0.1) is 0 Å². The van der Waals surface area contributed by atoms with E-state index in [2.05, 4.69) is 5.32 Å². The highest BCUT2D eigenvalue weighted by Gasteiger charge is 2.42. The predicted octanol–water partition coefficient (Wildman–Crippen LogP) is 3.25. The maximum atomic E-state index is 14.6. The highest BCUT2D eigenvalue weighted by molar-refractivity contribution is 6.11. The lowest BCUT2D eigenvalue weighted by atomic mass is 10.0. The van der Waals surface area contributed by atoms with Gasteiger partial charge < -0.3 is 38.9 Å². The van der Waals surface area contributed by atoms with E-state index in [0.717, 1.165) is 6.07 Å². The van der Waals surface area contributed by atoms with Crippen LogP contribution in [0, 0.1) is 5.82 Å². The number of quaternary nitrogens is 1. The summed E-state index contributed by atoms with van der Waals surface area (Å²) in [5.74, 6) is -2.35. The minimum Gasteiger partial charge on any atom is -0.495 e. The average Bonchev–Trinajstić information content (AvgIpc) is 3.28. The molecule has 3 aromatic carbocycles. The number of amides is 2. The monoisotopic (exact) mass is 654 g/mol. The van der Waals surface area contributed by atoms with Crippen LogP contribution in [0.1, 0.15) is 55.9 Å². The number of methoxy groups -OCH3 is 3. The van der Waals surface area contributed by atoms with Crippen molar-refractivity contribution in [3.63, 3.8) is 0 Å². The molecule has 3 aromatic rings. The Morgan fingerprint density at radius 2 is 1.51 bits per heavy atom. The van der Waals surface area contributed by atoms with E-state index < -0.39 is 40.3 Å². The van der Waals surface area contributed by atoms with Gasteiger partial charge in [0.05, 0.1) is 18.7 Å². The van der Waals surface area contributed by atoms with Gasteiger partial charge in [0.25, 0.3) is 5.91 Å². The van der Waals surface area contributed by atoms with Crippen molar-refractivity contribution >= 4 is 23.8 Å². The van der Waals surface area contributed by atoms with Crippen molar-refractivity contribution in [1.29, 1.82) is 0 Å². The van der Waals surface area contributed by atoms with Crippen molar-refractivity contribution in [3.8, 4) is 17.2 Å². The Bertz CT molecular complexity index is 1600. The number of halogens is 1. The van der Waals surface area contributed by atoms with E-state index in [1.54, 1.807) is 6.07 Å². The highest BCUT2D eigenvalue weighted by Crippen LogP contribution is 2.29. The zero-order chi connectivity index (χ0) is 34.0. The number of ether oxygens (including phenoxy) is 5. The van der Waals surface area contributed by atoms with Crippen LogP contribution in [0.15, 0.2) is 60.7 Å². The molecule has 250 valence electrons. The molecule has 0 aromatic heterocycles. The molecule has 1 saturated heterocycles. The van der Waals surface area contributed by atoms with Crippen molar-refractivity contribution in [2.45, 2.75) is 25.3 Å². The molecule has 1 N–H and O–H groups in total. The summed E-state index contributed by atoms with van der Waals surface area (Å²) in [7, 11) is 4.27. The second-order valence-electron chi connectivity index (χ2n) is 10.6. The second kappa shape index (κ2) is 16.0. The summed E-state index contributed by atoms with van der Waals surface area (Å²) < 4.78 is 39.2. The molecular formula is C33H35FN2O11. The molecule has 2 amide bonds. The van der Waals surface area contributed by atoms with E-state index in [1.807, 2.05) is 0 Å². The number of carboxylic acid groups (broad SMARTS) is 1.